The fourth-order valence-corrected chi connectivity index (χ4v) is 2.07. The molecule has 1 amide bonds. The number of carbonyl (C=O) groups excluding carboxylic acids is 1. The summed E-state index contributed by atoms with van der Waals surface area (Å²) in [6.45, 7) is 0. The van der Waals surface area contributed by atoms with E-state index < -0.39 is 5.91 Å². The molecule has 6 nitrogen and oxygen atoms in total. The van der Waals surface area contributed by atoms with E-state index in [1.165, 1.54) is 24.5 Å². The first-order valence-corrected chi connectivity index (χ1v) is 6.52. The monoisotopic (exact) mass is 357 g/mol. The van der Waals surface area contributed by atoms with E-state index in [2.05, 4.69) is 26.4 Å². The van der Waals surface area contributed by atoms with E-state index in [0.29, 0.717) is 26.5 Å². The highest BCUT2D eigenvalue weighted by atomic mass is 79.9. The highest BCUT2D eigenvalue weighted by Crippen LogP contribution is 2.25. The zero-order valence-electron chi connectivity index (χ0n) is 9.93. The number of oxime groups is 1. The molecular formula is C12H9BrClN3O3. The third kappa shape index (κ3) is 2.94. The van der Waals surface area contributed by atoms with Crippen LogP contribution < -0.4 is 11.1 Å². The summed E-state index contributed by atoms with van der Waals surface area (Å²) in [6.07, 6.45) is 1.38. The summed E-state index contributed by atoms with van der Waals surface area (Å²) in [7, 11) is 0. The Bertz CT molecular complexity index is 684. The van der Waals surface area contributed by atoms with Gasteiger partial charge in [0.2, 0.25) is 0 Å². The first-order chi connectivity index (χ1) is 9.52. The minimum Gasteiger partial charge on any atom is -0.457 e. The average Bonchev–Trinajstić information content (AvgIpc) is 2.86. The highest BCUT2D eigenvalue weighted by molar-refractivity contribution is 9.10. The number of carbonyl (C=O) groups is 1. The number of amidine groups is 1. The third-order valence-corrected chi connectivity index (χ3v) is 3.42. The van der Waals surface area contributed by atoms with Crippen LogP contribution in [0.1, 0.15) is 15.9 Å². The van der Waals surface area contributed by atoms with Gasteiger partial charge in [0.05, 0.1) is 22.5 Å². The van der Waals surface area contributed by atoms with Gasteiger partial charge in [-0.2, -0.15) is 0 Å². The molecular weight excluding hydrogens is 350 g/mol. The van der Waals surface area contributed by atoms with Gasteiger partial charge in [0.25, 0.3) is 5.91 Å². The number of hydrogen-bond acceptors (Lipinski definition) is 4. The Morgan fingerprint density at radius 2 is 2.20 bits per heavy atom. The van der Waals surface area contributed by atoms with Gasteiger partial charge in [-0.1, -0.05) is 16.8 Å². The maximum atomic E-state index is 12.0. The zero-order valence-corrected chi connectivity index (χ0v) is 12.3. The third-order valence-electron chi connectivity index (χ3n) is 2.48. The quantitative estimate of drug-likeness (QED) is 0.340. The standard InChI is InChI=1S/C12H9BrClN3O3/c13-10-7(3-4-20-10)12(18)16-9-5-6(11(15)17-19)1-2-8(9)14/h1-5,19H,(H2,15,17)(H,16,18). The van der Waals surface area contributed by atoms with Gasteiger partial charge in [-0.15, -0.1) is 0 Å². The van der Waals surface area contributed by atoms with Crippen molar-refractivity contribution in [1.82, 2.24) is 0 Å². The van der Waals surface area contributed by atoms with Gasteiger partial charge in [0.15, 0.2) is 10.5 Å². The Hall–Kier alpha value is -1.99. The molecule has 0 bridgehead atoms. The van der Waals surface area contributed by atoms with Crippen LogP contribution in [0.3, 0.4) is 0 Å². The summed E-state index contributed by atoms with van der Waals surface area (Å²) in [6, 6.07) is 6.12. The van der Waals surface area contributed by atoms with Crippen molar-refractivity contribution < 1.29 is 14.4 Å². The lowest BCUT2D eigenvalue weighted by Gasteiger charge is -2.08. The molecule has 20 heavy (non-hydrogen) atoms. The van der Waals surface area contributed by atoms with Gasteiger partial charge in [-0.05, 0) is 40.2 Å². The van der Waals surface area contributed by atoms with E-state index >= 15 is 0 Å². The summed E-state index contributed by atoms with van der Waals surface area (Å²) in [5, 5.41) is 14.5. The molecule has 104 valence electrons. The van der Waals surface area contributed by atoms with E-state index in [-0.39, 0.29) is 5.84 Å². The van der Waals surface area contributed by atoms with Gasteiger partial charge in [-0.3, -0.25) is 4.79 Å². The summed E-state index contributed by atoms with van der Waals surface area (Å²) in [4.78, 5) is 12.0. The van der Waals surface area contributed by atoms with Gasteiger partial charge in [-0.25, -0.2) is 0 Å². The van der Waals surface area contributed by atoms with E-state index in [0.717, 1.165) is 0 Å². The van der Waals surface area contributed by atoms with Crippen LogP contribution in [0.5, 0.6) is 0 Å². The Balaban J connectivity index is 2.29. The Morgan fingerprint density at radius 3 is 2.80 bits per heavy atom. The first-order valence-electron chi connectivity index (χ1n) is 5.34. The molecule has 0 atom stereocenters. The molecule has 0 fully saturated rings. The maximum Gasteiger partial charge on any atom is 0.260 e. The molecule has 0 radical (unpaired) electrons. The van der Waals surface area contributed by atoms with Crippen molar-refractivity contribution in [2.45, 2.75) is 0 Å². The van der Waals surface area contributed by atoms with Crippen LogP contribution in [0.2, 0.25) is 5.02 Å². The van der Waals surface area contributed by atoms with Crippen LogP contribution in [0, 0.1) is 0 Å². The number of amides is 1. The molecule has 0 saturated carbocycles. The molecule has 4 N–H and O–H groups in total. The lowest BCUT2D eigenvalue weighted by molar-refractivity contribution is 0.102. The number of anilines is 1. The fraction of sp³-hybridized carbons (Fsp3) is 0. The van der Waals surface area contributed by atoms with Crippen molar-refractivity contribution in [2.24, 2.45) is 10.9 Å². The van der Waals surface area contributed by atoms with Crippen molar-refractivity contribution in [3.05, 3.63) is 51.3 Å². The molecule has 0 saturated heterocycles. The van der Waals surface area contributed by atoms with Crippen LogP contribution in [0.25, 0.3) is 0 Å². The first kappa shape index (κ1) is 14.4. The maximum absolute atomic E-state index is 12.0. The molecule has 8 heteroatoms. The lowest BCUT2D eigenvalue weighted by Crippen LogP contribution is -2.15. The van der Waals surface area contributed by atoms with Gasteiger partial charge < -0.3 is 20.7 Å². The van der Waals surface area contributed by atoms with Crippen molar-refractivity contribution >= 4 is 45.0 Å². The molecule has 0 aliphatic rings. The molecule has 1 aromatic heterocycles. The summed E-state index contributed by atoms with van der Waals surface area (Å²) in [5.74, 6) is -0.481. The van der Waals surface area contributed by atoms with E-state index in [9.17, 15) is 4.79 Å². The normalized spacial score (nSPS) is 11.4. The summed E-state index contributed by atoms with van der Waals surface area (Å²) < 4.78 is 5.30. The number of nitrogens with zero attached hydrogens (tertiary/aromatic N) is 1. The summed E-state index contributed by atoms with van der Waals surface area (Å²) >= 11 is 9.11. The topological polar surface area (TPSA) is 101 Å². The number of nitrogens with one attached hydrogen (secondary N) is 1. The smallest absolute Gasteiger partial charge is 0.260 e. The number of nitrogens with two attached hydrogens (primary N) is 1. The molecule has 0 spiro atoms. The van der Waals surface area contributed by atoms with Gasteiger partial charge in [0.1, 0.15) is 0 Å². The Morgan fingerprint density at radius 1 is 1.45 bits per heavy atom. The van der Waals surface area contributed by atoms with Crippen LogP contribution in [0.15, 0.2) is 44.8 Å². The van der Waals surface area contributed by atoms with Crippen LogP contribution >= 0.6 is 27.5 Å². The number of hydrogen-bond donors (Lipinski definition) is 3. The predicted molar refractivity (Wildman–Crippen MR) is 78.3 cm³/mol. The number of halogens is 2. The zero-order chi connectivity index (χ0) is 14.7. The minimum atomic E-state index is -0.399. The fourth-order valence-electron chi connectivity index (χ4n) is 1.48. The van der Waals surface area contributed by atoms with E-state index in [4.69, 9.17) is 27.0 Å². The average molecular weight is 359 g/mol. The second-order valence-electron chi connectivity index (χ2n) is 3.74. The second kappa shape index (κ2) is 5.98. The SMILES string of the molecule is N/C(=N/O)c1ccc(Cl)c(NC(=O)c2ccoc2Br)c1. The van der Waals surface area contributed by atoms with Crippen LogP contribution in [-0.4, -0.2) is 17.0 Å². The summed E-state index contributed by atoms with van der Waals surface area (Å²) in [5.41, 5.74) is 6.58. The van der Waals surface area contributed by atoms with Gasteiger partial charge >= 0.3 is 0 Å². The second-order valence-corrected chi connectivity index (χ2v) is 4.87. The number of benzene rings is 1. The van der Waals surface area contributed by atoms with Gasteiger partial charge in [0, 0.05) is 5.56 Å². The molecule has 1 aromatic carbocycles. The Labute approximate surface area is 127 Å². The minimum absolute atomic E-state index is 0.0818. The van der Waals surface area contributed by atoms with Crippen LogP contribution in [-0.2, 0) is 0 Å². The molecule has 1 heterocycles. The Kier molecular flexibility index (Phi) is 4.31. The highest BCUT2D eigenvalue weighted by Gasteiger charge is 2.15. The van der Waals surface area contributed by atoms with Crippen molar-refractivity contribution in [3.63, 3.8) is 0 Å². The molecule has 0 aliphatic carbocycles. The van der Waals surface area contributed by atoms with Crippen LogP contribution in [0.4, 0.5) is 5.69 Å². The molecule has 2 aromatic rings. The van der Waals surface area contributed by atoms with Crippen molar-refractivity contribution in [1.29, 1.82) is 0 Å². The molecule has 2 rings (SSSR count). The van der Waals surface area contributed by atoms with Crippen molar-refractivity contribution in [2.75, 3.05) is 5.32 Å². The predicted octanol–water partition coefficient (Wildman–Crippen LogP) is 3.04. The molecule has 0 unspecified atom stereocenters. The van der Waals surface area contributed by atoms with E-state index in [1.54, 1.807) is 6.07 Å². The lowest BCUT2D eigenvalue weighted by atomic mass is 10.2. The van der Waals surface area contributed by atoms with Crippen molar-refractivity contribution in [3.8, 4) is 0 Å². The number of rotatable bonds is 3. The molecule has 0 aliphatic heterocycles. The van der Waals surface area contributed by atoms with E-state index in [1.807, 2.05) is 0 Å². The largest absolute Gasteiger partial charge is 0.457 e. The number of furan rings is 1.